The third-order valence-electron chi connectivity index (χ3n) is 4.40. The minimum absolute atomic E-state index is 0.332. The Balaban J connectivity index is 1.99. The second-order valence-corrected chi connectivity index (χ2v) is 6.77. The van der Waals surface area contributed by atoms with Crippen LogP contribution in [0.3, 0.4) is 0 Å². The molecule has 2 heterocycles. The van der Waals surface area contributed by atoms with Crippen LogP contribution < -0.4 is 5.32 Å². The second kappa shape index (κ2) is 8.43. The maximum atomic E-state index is 8.99. The van der Waals surface area contributed by atoms with E-state index in [1.165, 1.54) is 6.21 Å². The van der Waals surface area contributed by atoms with Crippen LogP contribution in [0.2, 0.25) is 0 Å². The quantitative estimate of drug-likeness (QED) is 0.314. The number of oxime groups is 1. The van der Waals surface area contributed by atoms with Gasteiger partial charge in [0.15, 0.2) is 0 Å². The molecule has 0 aliphatic heterocycles. The fraction of sp³-hybridized carbons (Fsp3) is 0.182. The van der Waals surface area contributed by atoms with Gasteiger partial charge in [-0.15, -0.1) is 0 Å². The molecule has 142 valence electrons. The molecule has 0 amide bonds. The van der Waals surface area contributed by atoms with Crippen molar-refractivity contribution in [2.24, 2.45) is 5.16 Å². The minimum atomic E-state index is 0.332. The van der Waals surface area contributed by atoms with Gasteiger partial charge in [-0.05, 0) is 43.2 Å². The highest BCUT2D eigenvalue weighted by atomic mass is 16.4. The molecule has 2 aromatic heterocycles. The molecule has 3 rings (SSSR count). The molecule has 6 nitrogen and oxygen atoms in total. The molecule has 0 radical (unpaired) electrons. The summed E-state index contributed by atoms with van der Waals surface area (Å²) in [5, 5.41) is 23.2. The Labute approximate surface area is 164 Å². The predicted octanol–water partition coefficient (Wildman–Crippen LogP) is 5.21. The zero-order valence-corrected chi connectivity index (χ0v) is 16.1. The lowest BCUT2D eigenvalue weighted by Gasteiger charge is -2.13. The topological polar surface area (TPSA) is 94.2 Å². The third-order valence-corrected chi connectivity index (χ3v) is 4.40. The van der Waals surface area contributed by atoms with Crippen LogP contribution in [0.1, 0.15) is 43.6 Å². The molecule has 0 fully saturated rings. The van der Waals surface area contributed by atoms with E-state index < -0.39 is 0 Å². The minimum Gasteiger partial charge on any atom is -0.411 e. The van der Waals surface area contributed by atoms with E-state index in [1.54, 1.807) is 13.0 Å². The Morgan fingerprint density at radius 1 is 1.11 bits per heavy atom. The summed E-state index contributed by atoms with van der Waals surface area (Å²) < 4.78 is 0. The van der Waals surface area contributed by atoms with Crippen LogP contribution in [0.5, 0.6) is 0 Å². The number of nitrogens with zero attached hydrogens (tertiary/aromatic N) is 3. The largest absolute Gasteiger partial charge is 0.411 e. The summed E-state index contributed by atoms with van der Waals surface area (Å²) in [7, 11) is 0. The van der Waals surface area contributed by atoms with E-state index in [9.17, 15) is 0 Å². The monoisotopic (exact) mass is 373 g/mol. The number of aromatic nitrogens is 2. The van der Waals surface area contributed by atoms with Gasteiger partial charge in [0, 0.05) is 28.7 Å². The number of pyridine rings is 2. The summed E-state index contributed by atoms with van der Waals surface area (Å²) in [5.41, 5.74) is 5.24. The van der Waals surface area contributed by atoms with Crippen LogP contribution in [0.4, 0.5) is 11.5 Å². The summed E-state index contributed by atoms with van der Waals surface area (Å²) in [6, 6.07) is 17.2. The smallest absolute Gasteiger partial charge is 0.130 e. The Kier molecular flexibility index (Phi) is 5.79. The van der Waals surface area contributed by atoms with Crippen molar-refractivity contribution in [2.75, 3.05) is 5.32 Å². The van der Waals surface area contributed by atoms with Crippen LogP contribution in [0.25, 0.3) is 11.3 Å². The van der Waals surface area contributed by atoms with Gasteiger partial charge >= 0.3 is 0 Å². The molecule has 0 unspecified atom stereocenters. The maximum Gasteiger partial charge on any atom is 0.130 e. The van der Waals surface area contributed by atoms with E-state index in [-0.39, 0.29) is 0 Å². The standard InChI is InChI=1S/C22H23N5O/c1-14(2)18-6-5-9-22(25-18)26-21-12-16(10-11-17(21)13-23)20-8-4-7-19(24-20)15(3)27-28/h4-14,23,28H,1-3H3,(H,25,26)/b23-13?,27-15+. The molecule has 3 aromatic rings. The van der Waals surface area contributed by atoms with Gasteiger partial charge in [0.1, 0.15) is 11.5 Å². The molecule has 28 heavy (non-hydrogen) atoms. The lowest BCUT2D eigenvalue weighted by atomic mass is 10.1. The molecule has 3 N–H and O–H groups in total. The molecule has 0 saturated heterocycles. The fourth-order valence-corrected chi connectivity index (χ4v) is 2.78. The first-order valence-corrected chi connectivity index (χ1v) is 9.06. The number of hydrogen-bond donors (Lipinski definition) is 3. The van der Waals surface area contributed by atoms with Crippen LogP contribution in [-0.4, -0.2) is 27.1 Å². The van der Waals surface area contributed by atoms with E-state index in [4.69, 9.17) is 10.6 Å². The Bertz CT molecular complexity index is 1030. The molecule has 1 aromatic carbocycles. The SMILES string of the molecule is C/C(=N\O)c1cccc(-c2ccc(C=N)c(Nc3cccc(C(C)C)n3)c2)n1. The lowest BCUT2D eigenvalue weighted by Crippen LogP contribution is -2.02. The van der Waals surface area contributed by atoms with Crippen molar-refractivity contribution in [2.45, 2.75) is 26.7 Å². The van der Waals surface area contributed by atoms with Crippen molar-refractivity contribution < 1.29 is 5.21 Å². The zero-order chi connectivity index (χ0) is 20.1. The lowest BCUT2D eigenvalue weighted by molar-refractivity contribution is 0.319. The highest BCUT2D eigenvalue weighted by Gasteiger charge is 2.09. The van der Waals surface area contributed by atoms with Crippen LogP contribution in [0.15, 0.2) is 59.8 Å². The van der Waals surface area contributed by atoms with Gasteiger partial charge in [0.25, 0.3) is 0 Å². The summed E-state index contributed by atoms with van der Waals surface area (Å²) in [6.07, 6.45) is 1.31. The van der Waals surface area contributed by atoms with Crippen molar-refractivity contribution >= 4 is 23.4 Å². The third kappa shape index (κ3) is 4.23. The first-order chi connectivity index (χ1) is 13.5. The number of benzene rings is 1. The zero-order valence-electron chi connectivity index (χ0n) is 16.1. The van der Waals surface area contributed by atoms with Gasteiger partial charge in [-0.2, -0.15) is 0 Å². The average molecular weight is 373 g/mol. The van der Waals surface area contributed by atoms with E-state index in [0.29, 0.717) is 17.3 Å². The summed E-state index contributed by atoms with van der Waals surface area (Å²) >= 11 is 0. The fourth-order valence-electron chi connectivity index (χ4n) is 2.78. The Morgan fingerprint density at radius 2 is 1.89 bits per heavy atom. The molecule has 0 atom stereocenters. The Hall–Kier alpha value is -3.54. The maximum absolute atomic E-state index is 8.99. The van der Waals surface area contributed by atoms with Crippen LogP contribution in [-0.2, 0) is 0 Å². The van der Waals surface area contributed by atoms with Crippen LogP contribution >= 0.6 is 0 Å². The molecule has 6 heteroatoms. The van der Waals surface area contributed by atoms with Gasteiger partial charge in [0.2, 0.25) is 0 Å². The van der Waals surface area contributed by atoms with E-state index in [2.05, 4.69) is 34.3 Å². The van der Waals surface area contributed by atoms with Gasteiger partial charge in [-0.25, -0.2) is 9.97 Å². The van der Waals surface area contributed by atoms with Gasteiger partial charge < -0.3 is 15.9 Å². The second-order valence-electron chi connectivity index (χ2n) is 6.77. The van der Waals surface area contributed by atoms with Gasteiger partial charge in [-0.3, -0.25) is 0 Å². The number of rotatable bonds is 6. The van der Waals surface area contributed by atoms with Crippen molar-refractivity contribution in [1.82, 2.24) is 9.97 Å². The molecule has 0 spiro atoms. The molecular formula is C22H23N5O. The van der Waals surface area contributed by atoms with Crippen molar-refractivity contribution in [1.29, 1.82) is 5.41 Å². The van der Waals surface area contributed by atoms with Crippen molar-refractivity contribution in [3.63, 3.8) is 0 Å². The first-order valence-electron chi connectivity index (χ1n) is 9.06. The van der Waals surface area contributed by atoms with Crippen molar-refractivity contribution in [3.05, 3.63) is 71.5 Å². The van der Waals surface area contributed by atoms with E-state index in [0.717, 1.165) is 34.0 Å². The Morgan fingerprint density at radius 3 is 2.61 bits per heavy atom. The number of hydrogen-bond acceptors (Lipinski definition) is 6. The van der Waals surface area contributed by atoms with Crippen molar-refractivity contribution in [3.8, 4) is 11.3 Å². The first kappa shape index (κ1) is 19.2. The highest BCUT2D eigenvalue weighted by molar-refractivity contribution is 5.97. The summed E-state index contributed by atoms with van der Waals surface area (Å²) in [5.74, 6) is 1.06. The summed E-state index contributed by atoms with van der Waals surface area (Å²) in [4.78, 5) is 9.21. The molecule has 0 bridgehead atoms. The normalized spacial score (nSPS) is 11.5. The van der Waals surface area contributed by atoms with E-state index >= 15 is 0 Å². The highest BCUT2D eigenvalue weighted by Crippen LogP contribution is 2.27. The molecule has 0 aliphatic rings. The average Bonchev–Trinajstić information content (AvgIpc) is 2.73. The molecule has 0 aliphatic carbocycles. The molecular weight excluding hydrogens is 350 g/mol. The molecule has 0 saturated carbocycles. The van der Waals surface area contributed by atoms with Gasteiger partial charge in [-0.1, -0.05) is 43.3 Å². The number of anilines is 2. The van der Waals surface area contributed by atoms with Crippen LogP contribution in [0, 0.1) is 5.41 Å². The predicted molar refractivity (Wildman–Crippen MR) is 113 cm³/mol. The van der Waals surface area contributed by atoms with E-state index in [1.807, 2.05) is 48.5 Å². The van der Waals surface area contributed by atoms with Gasteiger partial charge in [0.05, 0.1) is 11.4 Å². The number of nitrogens with one attached hydrogen (secondary N) is 2. The summed E-state index contributed by atoms with van der Waals surface area (Å²) in [6.45, 7) is 5.91.